The third kappa shape index (κ3) is 7.01. The van der Waals surface area contributed by atoms with Gasteiger partial charge in [0.25, 0.3) is 0 Å². The van der Waals surface area contributed by atoms with Gasteiger partial charge in [-0.3, -0.25) is 10.2 Å². The molecule has 0 radical (unpaired) electrons. The van der Waals surface area contributed by atoms with Crippen LogP contribution in [0, 0.1) is 0 Å². The first-order chi connectivity index (χ1) is 6.06. The summed E-state index contributed by atoms with van der Waals surface area (Å²) in [5.41, 5.74) is 3.96. The van der Waals surface area contributed by atoms with Crippen LogP contribution in [0.15, 0.2) is 0 Å². The Labute approximate surface area is 80.2 Å². The minimum atomic E-state index is -1.27. The highest BCUT2D eigenvalue weighted by atomic mass is 32.1. The molecular weight excluding hydrogens is 196 g/mol. The first kappa shape index (κ1) is 11.6. The summed E-state index contributed by atoms with van der Waals surface area (Å²) < 4.78 is 4.58. The molecule has 0 aromatic carbocycles. The average Bonchev–Trinajstić information content (AvgIpc) is 2.01. The summed E-state index contributed by atoms with van der Waals surface area (Å²) in [4.78, 5) is 20.8. The van der Waals surface area contributed by atoms with Gasteiger partial charge in [0.1, 0.15) is 4.99 Å². The lowest BCUT2D eigenvalue weighted by molar-refractivity contribution is -0.141. The van der Waals surface area contributed by atoms with Crippen LogP contribution in [0.4, 0.5) is 4.79 Å². The van der Waals surface area contributed by atoms with Crippen molar-refractivity contribution in [2.45, 2.75) is 13.3 Å². The van der Waals surface area contributed by atoms with E-state index in [2.05, 4.69) is 22.4 Å². The maximum absolute atomic E-state index is 10.8. The fourth-order valence-corrected chi connectivity index (χ4v) is 0.679. The Morgan fingerprint density at radius 2 is 2.08 bits per heavy atom. The number of carboxylic acid groups (broad SMARTS) is 1. The van der Waals surface area contributed by atoms with Crippen molar-refractivity contribution in [3.05, 3.63) is 0 Å². The first-order valence-corrected chi connectivity index (χ1v) is 3.90. The van der Waals surface area contributed by atoms with Gasteiger partial charge < -0.3 is 9.84 Å². The van der Waals surface area contributed by atoms with E-state index in [0.29, 0.717) is 0 Å². The Kier molecular flexibility index (Phi) is 5.53. The number of rotatable bonds is 3. The standard InChI is InChI=1S/C6H10N2O4S/c1-2-12-5(9)3-4(13)7-8-6(10)11/h8H,2-3H2,1H3,(H,7,13)(H,10,11). The molecule has 6 nitrogen and oxygen atoms in total. The van der Waals surface area contributed by atoms with E-state index in [0.717, 1.165) is 0 Å². The molecule has 1 amide bonds. The highest BCUT2D eigenvalue weighted by Gasteiger charge is 2.06. The summed E-state index contributed by atoms with van der Waals surface area (Å²) in [7, 11) is 0. The van der Waals surface area contributed by atoms with E-state index in [9.17, 15) is 9.59 Å². The van der Waals surface area contributed by atoms with Gasteiger partial charge in [-0.15, -0.1) is 0 Å². The maximum atomic E-state index is 10.8. The Morgan fingerprint density at radius 1 is 1.46 bits per heavy atom. The Morgan fingerprint density at radius 3 is 2.54 bits per heavy atom. The van der Waals surface area contributed by atoms with Crippen LogP contribution in [0.25, 0.3) is 0 Å². The lowest BCUT2D eigenvalue weighted by Crippen LogP contribution is -2.40. The zero-order valence-corrected chi connectivity index (χ0v) is 7.81. The van der Waals surface area contributed by atoms with Gasteiger partial charge in [0.15, 0.2) is 0 Å². The third-order valence-corrected chi connectivity index (χ3v) is 1.17. The molecule has 0 heterocycles. The summed E-state index contributed by atoms with van der Waals surface area (Å²) in [6, 6.07) is 0. The first-order valence-electron chi connectivity index (χ1n) is 3.49. The van der Waals surface area contributed by atoms with Gasteiger partial charge in [-0.25, -0.2) is 10.2 Å². The molecular formula is C6H10N2O4S. The van der Waals surface area contributed by atoms with E-state index >= 15 is 0 Å². The normalized spacial score (nSPS) is 8.69. The van der Waals surface area contributed by atoms with E-state index in [1.54, 1.807) is 6.92 Å². The number of ether oxygens (including phenoxy) is 1. The number of nitrogens with one attached hydrogen (secondary N) is 2. The zero-order valence-electron chi connectivity index (χ0n) is 6.99. The molecule has 0 aliphatic heterocycles. The molecule has 0 aliphatic rings. The van der Waals surface area contributed by atoms with Crippen molar-refractivity contribution < 1.29 is 19.4 Å². The lowest BCUT2D eigenvalue weighted by atomic mass is 10.4. The van der Waals surface area contributed by atoms with E-state index in [4.69, 9.17) is 5.11 Å². The van der Waals surface area contributed by atoms with Crippen LogP contribution in [0.1, 0.15) is 13.3 Å². The van der Waals surface area contributed by atoms with Crippen LogP contribution in [-0.4, -0.2) is 28.8 Å². The van der Waals surface area contributed by atoms with E-state index in [1.165, 1.54) is 0 Å². The molecule has 0 aromatic heterocycles. The molecule has 0 saturated heterocycles. The number of carbonyl (C=O) groups excluding carboxylic acids is 1. The summed E-state index contributed by atoms with van der Waals surface area (Å²) in [5.74, 6) is -0.493. The Hall–Kier alpha value is -1.37. The van der Waals surface area contributed by atoms with Gasteiger partial charge in [0, 0.05) is 0 Å². The van der Waals surface area contributed by atoms with Crippen LogP contribution in [0.5, 0.6) is 0 Å². The second kappa shape index (κ2) is 6.18. The van der Waals surface area contributed by atoms with Crippen molar-refractivity contribution in [2.75, 3.05) is 6.61 Å². The zero-order chi connectivity index (χ0) is 10.3. The maximum Gasteiger partial charge on any atom is 0.423 e. The molecule has 0 aliphatic carbocycles. The minimum Gasteiger partial charge on any atom is -0.466 e. The van der Waals surface area contributed by atoms with Crippen molar-refractivity contribution in [1.29, 1.82) is 0 Å². The van der Waals surface area contributed by atoms with Gasteiger partial charge >= 0.3 is 12.1 Å². The van der Waals surface area contributed by atoms with E-state index in [-0.39, 0.29) is 18.0 Å². The Bertz CT molecular complexity index is 219. The molecule has 7 heteroatoms. The molecule has 0 bridgehead atoms. The van der Waals surface area contributed by atoms with Gasteiger partial charge in [0.2, 0.25) is 0 Å². The Balaban J connectivity index is 3.62. The van der Waals surface area contributed by atoms with Crippen LogP contribution in [-0.2, 0) is 9.53 Å². The van der Waals surface area contributed by atoms with Crippen LogP contribution >= 0.6 is 12.2 Å². The largest absolute Gasteiger partial charge is 0.466 e. The number of esters is 1. The molecule has 0 saturated carbocycles. The highest BCUT2D eigenvalue weighted by Crippen LogP contribution is 1.87. The average molecular weight is 206 g/mol. The van der Waals surface area contributed by atoms with Crippen molar-refractivity contribution in [3.8, 4) is 0 Å². The fraction of sp³-hybridized carbons (Fsp3) is 0.500. The number of hydrogen-bond acceptors (Lipinski definition) is 4. The number of thiocarbonyl (C=S) groups is 1. The molecule has 0 rings (SSSR count). The van der Waals surface area contributed by atoms with E-state index < -0.39 is 12.1 Å². The summed E-state index contributed by atoms with van der Waals surface area (Å²) >= 11 is 4.63. The van der Waals surface area contributed by atoms with Gasteiger partial charge in [-0.1, -0.05) is 12.2 Å². The summed E-state index contributed by atoms with van der Waals surface area (Å²) in [6.07, 6.45) is -1.41. The third-order valence-electron chi connectivity index (χ3n) is 0.919. The number of amides is 1. The smallest absolute Gasteiger partial charge is 0.423 e. The second-order valence-corrected chi connectivity index (χ2v) is 2.45. The van der Waals surface area contributed by atoms with E-state index in [1.807, 2.05) is 5.43 Å². The molecule has 0 fully saturated rings. The summed E-state index contributed by atoms with van der Waals surface area (Å²) in [5, 5.41) is 8.15. The predicted molar refractivity (Wildman–Crippen MR) is 48.1 cm³/mol. The molecule has 0 unspecified atom stereocenters. The highest BCUT2D eigenvalue weighted by molar-refractivity contribution is 7.80. The number of hydrogen-bond donors (Lipinski definition) is 3. The predicted octanol–water partition coefficient (Wildman–Crippen LogP) is 0.0392. The topological polar surface area (TPSA) is 87.7 Å². The van der Waals surface area contributed by atoms with Crippen LogP contribution < -0.4 is 10.9 Å². The van der Waals surface area contributed by atoms with Crippen molar-refractivity contribution in [3.63, 3.8) is 0 Å². The molecule has 3 N–H and O–H groups in total. The quantitative estimate of drug-likeness (QED) is 0.343. The number of carbonyl (C=O) groups is 2. The molecule has 0 atom stereocenters. The molecule has 13 heavy (non-hydrogen) atoms. The van der Waals surface area contributed by atoms with Crippen LogP contribution in [0.3, 0.4) is 0 Å². The van der Waals surface area contributed by atoms with Crippen molar-refractivity contribution >= 4 is 29.3 Å². The van der Waals surface area contributed by atoms with Gasteiger partial charge in [-0.2, -0.15) is 0 Å². The lowest BCUT2D eigenvalue weighted by Gasteiger charge is -2.05. The minimum absolute atomic E-state index is 0.0702. The molecule has 74 valence electrons. The fourth-order valence-electron chi connectivity index (χ4n) is 0.510. The SMILES string of the molecule is CCOC(=O)CC(=S)NNC(=O)O. The van der Waals surface area contributed by atoms with Gasteiger partial charge in [0.05, 0.1) is 13.0 Å². The van der Waals surface area contributed by atoms with Crippen molar-refractivity contribution in [1.82, 2.24) is 10.9 Å². The molecule has 0 spiro atoms. The van der Waals surface area contributed by atoms with Gasteiger partial charge in [-0.05, 0) is 6.92 Å². The second-order valence-electron chi connectivity index (χ2n) is 1.96. The number of hydrazine groups is 1. The monoisotopic (exact) mass is 206 g/mol. The summed E-state index contributed by atoms with van der Waals surface area (Å²) in [6.45, 7) is 1.94. The van der Waals surface area contributed by atoms with Crippen LogP contribution in [0.2, 0.25) is 0 Å². The van der Waals surface area contributed by atoms with Crippen molar-refractivity contribution in [2.24, 2.45) is 0 Å². The molecule has 0 aromatic rings.